The Bertz CT molecular complexity index is 540. The van der Waals surface area contributed by atoms with E-state index in [2.05, 4.69) is 4.98 Å². The van der Waals surface area contributed by atoms with Gasteiger partial charge in [-0.3, -0.25) is 14.7 Å². The van der Waals surface area contributed by atoms with Crippen molar-refractivity contribution in [1.82, 2.24) is 9.88 Å². The molecule has 1 N–H and O–H groups in total. The highest BCUT2D eigenvalue weighted by molar-refractivity contribution is 5.97. The fourth-order valence-electron chi connectivity index (χ4n) is 3.29. The number of pyridine rings is 1. The maximum absolute atomic E-state index is 12.8. The molecule has 0 radical (unpaired) electrons. The van der Waals surface area contributed by atoms with Gasteiger partial charge >= 0.3 is 5.97 Å². The molecule has 2 heterocycles. The Kier molecular flexibility index (Phi) is 3.63. The van der Waals surface area contributed by atoms with Gasteiger partial charge in [-0.1, -0.05) is 6.42 Å². The van der Waals surface area contributed by atoms with E-state index in [0.29, 0.717) is 18.4 Å². The number of carbonyl (C=O) groups excluding carboxylic acids is 1. The number of carbonyl (C=O) groups is 2. The van der Waals surface area contributed by atoms with Crippen LogP contribution in [0.3, 0.4) is 0 Å². The Morgan fingerprint density at radius 1 is 1.24 bits per heavy atom. The summed E-state index contributed by atoms with van der Waals surface area (Å²) in [6.45, 7) is 0.0617. The molecule has 1 amide bonds. The van der Waals surface area contributed by atoms with E-state index in [9.17, 15) is 14.7 Å². The quantitative estimate of drug-likeness (QED) is 0.896. The van der Waals surface area contributed by atoms with Crippen LogP contribution in [0.2, 0.25) is 0 Å². The Morgan fingerprint density at radius 2 is 1.90 bits per heavy atom. The Morgan fingerprint density at radius 3 is 2.52 bits per heavy atom. The predicted octanol–water partition coefficient (Wildman–Crippen LogP) is 1.67. The van der Waals surface area contributed by atoms with Gasteiger partial charge in [-0.2, -0.15) is 0 Å². The van der Waals surface area contributed by atoms with Crippen molar-refractivity contribution in [3.05, 3.63) is 30.1 Å². The lowest BCUT2D eigenvalue weighted by atomic mass is 9.89. The van der Waals surface area contributed by atoms with E-state index in [1.807, 2.05) is 0 Å². The van der Waals surface area contributed by atoms with E-state index < -0.39 is 17.7 Å². The van der Waals surface area contributed by atoms with Crippen LogP contribution in [0.15, 0.2) is 24.5 Å². The third kappa shape index (κ3) is 2.40. The molecule has 112 valence electrons. The number of hydrogen-bond donors (Lipinski definition) is 1. The first kappa shape index (κ1) is 14.0. The molecule has 6 nitrogen and oxygen atoms in total. The van der Waals surface area contributed by atoms with E-state index in [-0.39, 0.29) is 12.5 Å². The number of amides is 1. The highest BCUT2D eigenvalue weighted by Crippen LogP contribution is 2.41. The number of ether oxygens (including phenoxy) is 1. The third-order valence-corrected chi connectivity index (χ3v) is 4.33. The van der Waals surface area contributed by atoms with Gasteiger partial charge in [0.1, 0.15) is 5.72 Å². The number of carboxylic acid groups (broad SMARTS) is 1. The molecule has 1 aliphatic carbocycles. The van der Waals surface area contributed by atoms with Crippen LogP contribution in [0, 0.1) is 0 Å². The van der Waals surface area contributed by atoms with Gasteiger partial charge in [0.25, 0.3) is 5.91 Å². The fourth-order valence-corrected chi connectivity index (χ4v) is 3.29. The zero-order valence-corrected chi connectivity index (χ0v) is 11.7. The molecule has 1 spiro atoms. The molecule has 3 rings (SSSR count). The van der Waals surface area contributed by atoms with Gasteiger partial charge in [-0.05, 0) is 37.8 Å². The van der Waals surface area contributed by atoms with Crippen molar-refractivity contribution in [3.63, 3.8) is 0 Å². The molecule has 0 unspecified atom stereocenters. The molecular formula is C15H18N2O4. The van der Waals surface area contributed by atoms with Crippen LogP contribution in [0.1, 0.15) is 42.5 Å². The number of carboxylic acids is 1. The Balaban J connectivity index is 1.96. The summed E-state index contributed by atoms with van der Waals surface area (Å²) in [4.78, 5) is 29.6. The standard InChI is InChI=1S/C15H18N2O4/c18-13(11-4-8-16-9-5-11)17-12(14(19)20)10-21-15(17)6-2-1-3-7-15/h4-5,8-9,12H,1-3,6-7,10H2,(H,19,20)/t12-/m1/s1. The number of hydrogen-bond acceptors (Lipinski definition) is 4. The number of nitrogens with zero attached hydrogens (tertiary/aromatic N) is 2. The summed E-state index contributed by atoms with van der Waals surface area (Å²) in [5.74, 6) is -1.30. The predicted molar refractivity (Wildman–Crippen MR) is 73.6 cm³/mol. The summed E-state index contributed by atoms with van der Waals surface area (Å²) in [7, 11) is 0. The van der Waals surface area contributed by atoms with E-state index in [0.717, 1.165) is 19.3 Å². The van der Waals surface area contributed by atoms with Gasteiger partial charge in [0.05, 0.1) is 6.61 Å². The molecule has 1 saturated carbocycles. The van der Waals surface area contributed by atoms with Crippen molar-refractivity contribution in [2.75, 3.05) is 6.61 Å². The molecular weight excluding hydrogens is 272 g/mol. The SMILES string of the molecule is O=C(O)[C@H]1COC2(CCCCC2)N1C(=O)c1ccncc1. The van der Waals surface area contributed by atoms with Gasteiger partial charge < -0.3 is 9.84 Å². The van der Waals surface area contributed by atoms with Crippen LogP contribution in [0.25, 0.3) is 0 Å². The smallest absolute Gasteiger partial charge is 0.328 e. The summed E-state index contributed by atoms with van der Waals surface area (Å²) in [6.07, 6.45) is 7.47. The second kappa shape index (κ2) is 5.44. The van der Waals surface area contributed by atoms with Crippen molar-refractivity contribution in [1.29, 1.82) is 0 Å². The van der Waals surface area contributed by atoms with Crippen LogP contribution in [-0.2, 0) is 9.53 Å². The minimum absolute atomic E-state index is 0.0617. The summed E-state index contributed by atoms with van der Waals surface area (Å²) in [5.41, 5.74) is -0.298. The van der Waals surface area contributed by atoms with Gasteiger partial charge in [0.2, 0.25) is 0 Å². The molecule has 2 fully saturated rings. The lowest BCUT2D eigenvalue weighted by Crippen LogP contribution is -2.54. The minimum Gasteiger partial charge on any atom is -0.480 e. The summed E-state index contributed by atoms with van der Waals surface area (Å²) < 4.78 is 5.82. The molecule has 1 saturated heterocycles. The fraction of sp³-hybridized carbons (Fsp3) is 0.533. The van der Waals surface area contributed by atoms with Crippen LogP contribution < -0.4 is 0 Å². The van der Waals surface area contributed by atoms with E-state index in [4.69, 9.17) is 4.74 Å². The molecule has 21 heavy (non-hydrogen) atoms. The number of rotatable bonds is 2. The van der Waals surface area contributed by atoms with Crippen molar-refractivity contribution >= 4 is 11.9 Å². The van der Waals surface area contributed by atoms with Crippen LogP contribution in [-0.4, -0.2) is 45.2 Å². The highest BCUT2D eigenvalue weighted by atomic mass is 16.5. The van der Waals surface area contributed by atoms with Gasteiger partial charge in [0, 0.05) is 18.0 Å². The second-order valence-corrected chi connectivity index (χ2v) is 5.58. The van der Waals surface area contributed by atoms with E-state index in [1.54, 1.807) is 12.1 Å². The topological polar surface area (TPSA) is 79.7 Å². The largest absolute Gasteiger partial charge is 0.480 e. The van der Waals surface area contributed by atoms with Gasteiger partial charge in [0.15, 0.2) is 6.04 Å². The van der Waals surface area contributed by atoms with Gasteiger partial charge in [-0.25, -0.2) is 4.79 Å². The Hall–Kier alpha value is -1.95. The van der Waals surface area contributed by atoms with Gasteiger partial charge in [-0.15, -0.1) is 0 Å². The molecule has 1 atom stereocenters. The number of aliphatic carboxylic acids is 1. The maximum Gasteiger partial charge on any atom is 0.328 e. The third-order valence-electron chi connectivity index (χ3n) is 4.33. The number of aromatic nitrogens is 1. The molecule has 1 aromatic rings. The first-order chi connectivity index (χ1) is 10.1. The molecule has 2 aliphatic rings. The van der Waals surface area contributed by atoms with Crippen molar-refractivity contribution < 1.29 is 19.4 Å². The van der Waals surface area contributed by atoms with Crippen molar-refractivity contribution in [2.45, 2.75) is 43.9 Å². The normalized spacial score (nSPS) is 24.2. The summed E-state index contributed by atoms with van der Waals surface area (Å²) in [5, 5.41) is 9.41. The highest BCUT2D eigenvalue weighted by Gasteiger charge is 2.53. The average Bonchev–Trinajstić information content (AvgIpc) is 2.87. The maximum atomic E-state index is 12.8. The average molecular weight is 290 g/mol. The van der Waals surface area contributed by atoms with E-state index in [1.165, 1.54) is 17.3 Å². The second-order valence-electron chi connectivity index (χ2n) is 5.58. The van der Waals surface area contributed by atoms with Crippen LogP contribution >= 0.6 is 0 Å². The summed E-state index contributed by atoms with van der Waals surface area (Å²) >= 11 is 0. The monoisotopic (exact) mass is 290 g/mol. The Labute approximate surface area is 122 Å². The molecule has 0 aromatic carbocycles. The molecule has 0 bridgehead atoms. The van der Waals surface area contributed by atoms with Crippen LogP contribution in [0.4, 0.5) is 0 Å². The van der Waals surface area contributed by atoms with Crippen LogP contribution in [0.5, 0.6) is 0 Å². The first-order valence-electron chi connectivity index (χ1n) is 7.24. The zero-order chi connectivity index (χ0) is 14.9. The molecule has 1 aromatic heterocycles. The van der Waals surface area contributed by atoms with Crippen molar-refractivity contribution in [2.24, 2.45) is 0 Å². The summed E-state index contributed by atoms with van der Waals surface area (Å²) in [6, 6.07) is 2.30. The lowest BCUT2D eigenvalue weighted by molar-refractivity contribution is -0.143. The lowest BCUT2D eigenvalue weighted by Gasteiger charge is -2.41. The van der Waals surface area contributed by atoms with E-state index >= 15 is 0 Å². The van der Waals surface area contributed by atoms with Crippen molar-refractivity contribution in [3.8, 4) is 0 Å². The minimum atomic E-state index is -1.01. The molecule has 6 heteroatoms. The zero-order valence-electron chi connectivity index (χ0n) is 11.7. The molecule has 1 aliphatic heterocycles. The first-order valence-corrected chi connectivity index (χ1v) is 7.24.